The molecule has 0 fully saturated rings. The molecule has 0 aliphatic heterocycles. The van der Waals surface area contributed by atoms with Crippen LogP contribution in [-0.4, -0.2) is 0 Å². The van der Waals surface area contributed by atoms with Crippen LogP contribution >= 0.6 is 0 Å². The van der Waals surface area contributed by atoms with E-state index in [1.54, 1.807) is 0 Å². The summed E-state index contributed by atoms with van der Waals surface area (Å²) < 4.78 is 0. The Morgan fingerprint density at radius 3 is 1.04 bits per heavy atom. The van der Waals surface area contributed by atoms with Gasteiger partial charge >= 0.3 is 0 Å². The second-order valence-corrected chi connectivity index (χ2v) is 27.1. The van der Waals surface area contributed by atoms with Crippen LogP contribution in [0.4, 0.5) is 34.1 Å². The summed E-state index contributed by atoms with van der Waals surface area (Å²) in [5, 5.41) is 14.7. The Labute approximate surface area is 606 Å². The average Bonchev–Trinajstić information content (AvgIpc) is 0.758. The van der Waals surface area contributed by atoms with Gasteiger partial charge in [-0.3, -0.25) is 0 Å². The van der Waals surface area contributed by atoms with Crippen LogP contribution in [0.15, 0.2) is 413 Å². The smallest absolute Gasteiger partial charge is 0.0546 e. The SMILES string of the molecule is c1ccc(-c2ccccc2N(c2cccc(-c3cc(-c4cccc5cc(-c6cccc(N(c7cccc(-c8cc9ccccc9c9ccccc89)c7)c7cccc(-c8ccccc8)c7-c7ccccc7)c6)ccc45)c4ccccc4c3)c2)c2cccc(-c3cc4ccccc4c4ccccc34)c2)cc1. The van der Waals surface area contributed by atoms with Crippen molar-refractivity contribution in [3.8, 4) is 89.0 Å². The van der Waals surface area contributed by atoms with Gasteiger partial charge in [-0.15, -0.1) is 0 Å². The van der Waals surface area contributed by atoms with Crippen molar-refractivity contribution in [1.82, 2.24) is 0 Å². The molecule has 2 nitrogen and oxygen atoms in total. The summed E-state index contributed by atoms with van der Waals surface area (Å²) in [6.07, 6.45) is 0. The predicted molar refractivity (Wildman–Crippen MR) is 444 cm³/mol. The third kappa shape index (κ3) is 11.2. The lowest BCUT2D eigenvalue weighted by Crippen LogP contribution is -2.12. The third-order valence-electron chi connectivity index (χ3n) is 20.9. The molecule has 0 spiro atoms. The van der Waals surface area contributed by atoms with Crippen LogP contribution < -0.4 is 9.80 Å². The van der Waals surface area contributed by atoms with Gasteiger partial charge in [0.05, 0.1) is 11.4 Å². The summed E-state index contributed by atoms with van der Waals surface area (Å²) in [7, 11) is 0. The molecular formula is C102H68N2. The molecule has 19 aromatic carbocycles. The normalized spacial score (nSPS) is 11.5. The molecule has 0 bridgehead atoms. The lowest BCUT2D eigenvalue weighted by molar-refractivity contribution is 1.28. The first kappa shape index (κ1) is 61.4. The monoisotopic (exact) mass is 1320 g/mol. The molecule has 0 saturated heterocycles. The summed E-state index contributed by atoms with van der Waals surface area (Å²) >= 11 is 0. The quantitative estimate of drug-likeness (QED) is 0.100. The molecule has 104 heavy (non-hydrogen) atoms. The van der Waals surface area contributed by atoms with E-state index in [4.69, 9.17) is 0 Å². The number of hydrogen-bond donors (Lipinski definition) is 0. The van der Waals surface area contributed by atoms with Crippen molar-refractivity contribution < 1.29 is 0 Å². The van der Waals surface area contributed by atoms with Crippen LogP contribution in [0.3, 0.4) is 0 Å². The van der Waals surface area contributed by atoms with Gasteiger partial charge < -0.3 is 9.80 Å². The van der Waals surface area contributed by atoms with Gasteiger partial charge in [0.1, 0.15) is 0 Å². The third-order valence-corrected chi connectivity index (χ3v) is 20.9. The molecule has 0 atom stereocenters. The van der Waals surface area contributed by atoms with Crippen molar-refractivity contribution in [2.24, 2.45) is 0 Å². The molecule has 0 radical (unpaired) electrons. The largest absolute Gasteiger partial charge is 0.310 e. The maximum Gasteiger partial charge on any atom is 0.0546 e. The van der Waals surface area contributed by atoms with Gasteiger partial charge in [0.15, 0.2) is 0 Å². The minimum absolute atomic E-state index is 1.05. The van der Waals surface area contributed by atoms with Crippen LogP contribution in [-0.2, 0) is 0 Å². The molecule has 19 aromatic rings. The van der Waals surface area contributed by atoms with Gasteiger partial charge in [0, 0.05) is 33.9 Å². The Hall–Kier alpha value is -13.7. The standard InChI is InChI=1S/C102H68N2/c1-4-28-69(29-5-1)90-49-20-21-56-100(90)103(84-44-24-39-77(64-84)97-66-79-35-11-13-46-86(79)92-50-16-18-52-95(92)97)82-42-23-38-73(63-82)81-61-75-34-10-15-48-88(75)99(68-81)94-55-26-41-76-60-74(58-59-89(76)94)72-37-22-43-83(62-72)104(101-57-27-54-91(70-30-6-2-7-31-70)102(101)71-32-8-3-9-33-71)85-45-25-40-78(65-85)98-67-80-36-12-14-47-87(80)93-51-17-19-53-96(93)98/h1-68H. The van der Waals surface area contributed by atoms with Crippen LogP contribution in [0.1, 0.15) is 0 Å². The fourth-order valence-corrected chi connectivity index (χ4v) is 16.1. The molecule has 486 valence electrons. The number of hydrogen-bond acceptors (Lipinski definition) is 2. The van der Waals surface area contributed by atoms with E-state index in [1.807, 2.05) is 0 Å². The van der Waals surface area contributed by atoms with Crippen molar-refractivity contribution in [3.63, 3.8) is 0 Å². The minimum Gasteiger partial charge on any atom is -0.310 e. The van der Waals surface area contributed by atoms with Gasteiger partial charge in [-0.2, -0.15) is 0 Å². The van der Waals surface area contributed by atoms with Crippen molar-refractivity contribution in [3.05, 3.63) is 413 Å². The Balaban J connectivity index is 0.727. The van der Waals surface area contributed by atoms with E-state index in [1.165, 1.54) is 92.5 Å². The molecule has 0 N–H and O–H groups in total. The average molecular weight is 1320 g/mol. The Bertz CT molecular complexity index is 6490. The zero-order valence-electron chi connectivity index (χ0n) is 57.2. The highest BCUT2D eigenvalue weighted by atomic mass is 15.2. The first-order chi connectivity index (χ1) is 51.6. The van der Waals surface area contributed by atoms with Crippen LogP contribution in [0.25, 0.3) is 154 Å². The maximum atomic E-state index is 2.48. The molecule has 19 rings (SSSR count). The lowest BCUT2D eigenvalue weighted by Gasteiger charge is -2.30. The number of rotatable bonds is 14. The zero-order chi connectivity index (χ0) is 68.9. The topological polar surface area (TPSA) is 6.48 Å². The van der Waals surface area contributed by atoms with E-state index in [-0.39, 0.29) is 0 Å². The lowest BCUT2D eigenvalue weighted by atomic mass is 9.89. The van der Waals surface area contributed by atoms with Gasteiger partial charge in [-0.25, -0.2) is 0 Å². The van der Waals surface area contributed by atoms with E-state index in [9.17, 15) is 0 Å². The van der Waals surface area contributed by atoms with Crippen LogP contribution in [0.2, 0.25) is 0 Å². The second kappa shape index (κ2) is 26.5. The molecule has 0 aromatic heterocycles. The summed E-state index contributed by atoms with van der Waals surface area (Å²) in [4.78, 5) is 4.93. The maximum absolute atomic E-state index is 2.48. The van der Waals surface area contributed by atoms with Crippen molar-refractivity contribution in [2.75, 3.05) is 9.80 Å². The fourth-order valence-electron chi connectivity index (χ4n) is 16.1. The van der Waals surface area contributed by atoms with Crippen LogP contribution in [0, 0.1) is 0 Å². The van der Waals surface area contributed by atoms with E-state index in [0.29, 0.717) is 0 Å². The fraction of sp³-hybridized carbons (Fsp3) is 0. The predicted octanol–water partition coefficient (Wildman–Crippen LogP) is 28.9. The Kier molecular flexibility index (Phi) is 15.6. The highest BCUT2D eigenvalue weighted by molar-refractivity contribution is 6.16. The molecule has 0 aliphatic rings. The summed E-state index contributed by atoms with van der Waals surface area (Å²) in [6, 6.07) is 152. The summed E-state index contributed by atoms with van der Waals surface area (Å²) in [6.45, 7) is 0. The zero-order valence-corrected chi connectivity index (χ0v) is 57.2. The van der Waals surface area contributed by atoms with Crippen LogP contribution in [0.5, 0.6) is 0 Å². The molecule has 2 heteroatoms. The molecular weight excluding hydrogens is 1250 g/mol. The minimum atomic E-state index is 1.05. The highest BCUT2D eigenvalue weighted by Crippen LogP contribution is 2.50. The number of fused-ring (bicyclic) bond motifs is 8. The molecule has 0 aliphatic carbocycles. The van der Waals surface area contributed by atoms with Crippen molar-refractivity contribution in [1.29, 1.82) is 0 Å². The van der Waals surface area contributed by atoms with Crippen molar-refractivity contribution >= 4 is 98.8 Å². The Morgan fingerprint density at radius 2 is 0.471 bits per heavy atom. The molecule has 0 amide bonds. The number of anilines is 6. The number of benzene rings is 19. The van der Waals surface area contributed by atoms with E-state index >= 15 is 0 Å². The van der Waals surface area contributed by atoms with Crippen molar-refractivity contribution in [2.45, 2.75) is 0 Å². The highest BCUT2D eigenvalue weighted by Gasteiger charge is 2.25. The van der Waals surface area contributed by atoms with Gasteiger partial charge in [-0.05, 0) is 234 Å². The first-order valence-electron chi connectivity index (χ1n) is 35.9. The first-order valence-corrected chi connectivity index (χ1v) is 35.9. The number of nitrogens with zero attached hydrogens (tertiary/aromatic N) is 2. The summed E-state index contributed by atoms with van der Waals surface area (Å²) in [5.74, 6) is 0. The molecule has 0 saturated carbocycles. The van der Waals surface area contributed by atoms with E-state index in [0.717, 1.165) is 95.3 Å². The van der Waals surface area contributed by atoms with Gasteiger partial charge in [0.2, 0.25) is 0 Å². The second-order valence-electron chi connectivity index (χ2n) is 27.1. The van der Waals surface area contributed by atoms with E-state index < -0.39 is 0 Å². The van der Waals surface area contributed by atoms with Gasteiger partial charge in [-0.1, -0.05) is 322 Å². The molecule has 0 heterocycles. The Morgan fingerprint density at radius 1 is 0.135 bits per heavy atom. The summed E-state index contributed by atoms with van der Waals surface area (Å²) in [5.41, 5.74) is 25.0. The molecule has 0 unspecified atom stereocenters. The van der Waals surface area contributed by atoms with Gasteiger partial charge in [0.25, 0.3) is 0 Å². The number of para-hydroxylation sites is 1. The van der Waals surface area contributed by atoms with E-state index in [2.05, 4.69) is 422 Å².